The van der Waals surface area contributed by atoms with E-state index in [2.05, 4.69) is 29.6 Å². The first-order valence-corrected chi connectivity index (χ1v) is 5.86. The average molecular weight is 240 g/mol. The van der Waals surface area contributed by atoms with Crippen LogP contribution in [0.1, 0.15) is 24.8 Å². The van der Waals surface area contributed by atoms with Crippen LogP contribution < -0.4 is 10.1 Å². The summed E-state index contributed by atoms with van der Waals surface area (Å²) in [5.74, 6) is 1.10. The molecule has 0 radical (unpaired) electrons. The minimum atomic E-state index is 0. The number of aryl methyl sites for hydroxylation is 1. The van der Waals surface area contributed by atoms with Gasteiger partial charge in [0.15, 0.2) is 0 Å². The van der Waals surface area contributed by atoms with Gasteiger partial charge in [-0.25, -0.2) is 0 Å². The van der Waals surface area contributed by atoms with Crippen molar-refractivity contribution in [3.8, 4) is 5.75 Å². The Bertz CT molecular complexity index is 361. The minimum absolute atomic E-state index is 0. The fourth-order valence-electron chi connectivity index (χ4n) is 2.70. The lowest BCUT2D eigenvalue weighted by Gasteiger charge is -2.41. The van der Waals surface area contributed by atoms with Crippen molar-refractivity contribution >= 4 is 12.4 Å². The lowest BCUT2D eigenvalue weighted by Crippen LogP contribution is -2.51. The van der Waals surface area contributed by atoms with Crippen molar-refractivity contribution in [2.75, 3.05) is 13.1 Å². The highest BCUT2D eigenvalue weighted by Gasteiger charge is 2.37. The highest BCUT2D eigenvalue weighted by atomic mass is 35.5. The fourth-order valence-corrected chi connectivity index (χ4v) is 2.70. The number of rotatable bonds is 0. The molecule has 1 N–H and O–H groups in total. The third-order valence-corrected chi connectivity index (χ3v) is 3.58. The van der Waals surface area contributed by atoms with Crippen molar-refractivity contribution in [2.24, 2.45) is 0 Å². The third-order valence-electron chi connectivity index (χ3n) is 3.58. The van der Waals surface area contributed by atoms with Gasteiger partial charge < -0.3 is 10.1 Å². The van der Waals surface area contributed by atoms with Gasteiger partial charge in [-0.15, -0.1) is 12.4 Å². The number of hydrogen-bond acceptors (Lipinski definition) is 2. The topological polar surface area (TPSA) is 21.3 Å². The van der Waals surface area contributed by atoms with Crippen LogP contribution in [0.15, 0.2) is 24.3 Å². The molecule has 2 heterocycles. The van der Waals surface area contributed by atoms with Crippen LogP contribution in [-0.4, -0.2) is 18.7 Å². The largest absolute Gasteiger partial charge is 0.486 e. The molecule has 0 saturated carbocycles. The average Bonchev–Trinajstić information content (AvgIpc) is 2.30. The molecular weight excluding hydrogens is 222 g/mol. The molecule has 1 saturated heterocycles. The predicted molar refractivity (Wildman–Crippen MR) is 67.5 cm³/mol. The van der Waals surface area contributed by atoms with E-state index >= 15 is 0 Å². The molecule has 88 valence electrons. The minimum Gasteiger partial charge on any atom is -0.486 e. The molecule has 3 rings (SSSR count). The van der Waals surface area contributed by atoms with E-state index in [1.165, 1.54) is 18.4 Å². The number of para-hydroxylation sites is 1. The first-order chi connectivity index (χ1) is 7.38. The molecule has 1 fully saturated rings. The SMILES string of the molecule is Cl.c1ccc2c(c1)CCC1(CCCNC1)O2. The summed E-state index contributed by atoms with van der Waals surface area (Å²) in [4.78, 5) is 0. The number of nitrogens with one attached hydrogen (secondary N) is 1. The van der Waals surface area contributed by atoms with Crippen LogP contribution >= 0.6 is 12.4 Å². The molecule has 0 bridgehead atoms. The van der Waals surface area contributed by atoms with E-state index in [1.54, 1.807) is 0 Å². The number of benzene rings is 1. The Hall–Kier alpha value is -0.730. The number of ether oxygens (including phenoxy) is 1. The highest BCUT2D eigenvalue weighted by Crippen LogP contribution is 2.36. The van der Waals surface area contributed by atoms with Crippen molar-refractivity contribution in [1.29, 1.82) is 0 Å². The first-order valence-electron chi connectivity index (χ1n) is 5.86. The molecule has 2 aliphatic heterocycles. The molecule has 2 aliphatic rings. The maximum atomic E-state index is 6.20. The Morgan fingerprint density at radius 3 is 2.88 bits per heavy atom. The lowest BCUT2D eigenvalue weighted by molar-refractivity contribution is 0.0228. The van der Waals surface area contributed by atoms with Crippen molar-refractivity contribution in [3.05, 3.63) is 29.8 Å². The van der Waals surface area contributed by atoms with Gasteiger partial charge in [0.25, 0.3) is 0 Å². The van der Waals surface area contributed by atoms with Crippen molar-refractivity contribution in [1.82, 2.24) is 5.32 Å². The molecule has 1 spiro atoms. The van der Waals surface area contributed by atoms with E-state index in [-0.39, 0.29) is 18.0 Å². The quantitative estimate of drug-likeness (QED) is 0.752. The lowest BCUT2D eigenvalue weighted by atomic mass is 9.85. The summed E-state index contributed by atoms with van der Waals surface area (Å²) < 4.78 is 6.20. The summed E-state index contributed by atoms with van der Waals surface area (Å²) in [6, 6.07) is 8.44. The monoisotopic (exact) mass is 239 g/mol. The third kappa shape index (κ3) is 2.04. The van der Waals surface area contributed by atoms with Gasteiger partial charge in [-0.05, 0) is 43.9 Å². The summed E-state index contributed by atoms with van der Waals surface area (Å²) in [7, 11) is 0. The van der Waals surface area contributed by atoms with Gasteiger partial charge in [-0.3, -0.25) is 0 Å². The summed E-state index contributed by atoms with van der Waals surface area (Å²) in [5, 5.41) is 3.45. The van der Waals surface area contributed by atoms with Crippen molar-refractivity contribution in [2.45, 2.75) is 31.3 Å². The summed E-state index contributed by atoms with van der Waals surface area (Å²) in [5.41, 5.74) is 1.46. The van der Waals surface area contributed by atoms with Gasteiger partial charge in [-0.2, -0.15) is 0 Å². The van der Waals surface area contributed by atoms with E-state index in [9.17, 15) is 0 Å². The Morgan fingerprint density at radius 1 is 1.19 bits per heavy atom. The fraction of sp³-hybridized carbons (Fsp3) is 0.538. The van der Waals surface area contributed by atoms with E-state index in [0.29, 0.717) is 0 Å². The molecule has 0 aliphatic carbocycles. The summed E-state index contributed by atoms with van der Waals surface area (Å²) in [6.45, 7) is 2.16. The van der Waals surface area contributed by atoms with Gasteiger partial charge in [0.2, 0.25) is 0 Å². The zero-order chi connectivity index (χ0) is 10.1. The van der Waals surface area contributed by atoms with E-state index in [0.717, 1.165) is 31.7 Å². The van der Waals surface area contributed by atoms with Gasteiger partial charge in [0, 0.05) is 6.54 Å². The van der Waals surface area contributed by atoms with Crippen LogP contribution in [0.4, 0.5) is 0 Å². The van der Waals surface area contributed by atoms with Gasteiger partial charge in [0.05, 0.1) is 0 Å². The van der Waals surface area contributed by atoms with Gasteiger partial charge in [-0.1, -0.05) is 18.2 Å². The number of fused-ring (bicyclic) bond motifs is 1. The Labute approximate surface area is 103 Å². The predicted octanol–water partition coefficient (Wildman–Crippen LogP) is 2.56. The second-order valence-corrected chi connectivity index (χ2v) is 4.67. The second kappa shape index (κ2) is 4.64. The molecule has 0 amide bonds. The highest BCUT2D eigenvalue weighted by molar-refractivity contribution is 5.85. The number of piperidine rings is 1. The van der Waals surface area contributed by atoms with Crippen LogP contribution in [0.25, 0.3) is 0 Å². The molecular formula is C13H18ClNO. The molecule has 1 atom stereocenters. The van der Waals surface area contributed by atoms with Crippen LogP contribution in [0.2, 0.25) is 0 Å². The Morgan fingerprint density at radius 2 is 2.06 bits per heavy atom. The number of halogens is 1. The van der Waals surface area contributed by atoms with E-state index in [4.69, 9.17) is 4.74 Å². The summed E-state index contributed by atoms with van der Waals surface area (Å²) >= 11 is 0. The van der Waals surface area contributed by atoms with Gasteiger partial charge in [0.1, 0.15) is 11.4 Å². The summed E-state index contributed by atoms with van der Waals surface area (Å²) in [6.07, 6.45) is 4.77. The molecule has 1 unspecified atom stereocenters. The maximum absolute atomic E-state index is 6.20. The molecule has 1 aromatic rings. The van der Waals surface area contributed by atoms with Crippen molar-refractivity contribution < 1.29 is 4.74 Å². The maximum Gasteiger partial charge on any atom is 0.123 e. The zero-order valence-corrected chi connectivity index (χ0v) is 10.2. The molecule has 1 aromatic carbocycles. The second-order valence-electron chi connectivity index (χ2n) is 4.67. The number of hydrogen-bond donors (Lipinski definition) is 1. The molecule has 16 heavy (non-hydrogen) atoms. The van der Waals surface area contributed by atoms with Crippen LogP contribution in [0.5, 0.6) is 5.75 Å². The van der Waals surface area contributed by atoms with Crippen LogP contribution in [0, 0.1) is 0 Å². The smallest absolute Gasteiger partial charge is 0.123 e. The normalized spacial score (nSPS) is 27.8. The Kier molecular flexibility index (Phi) is 3.41. The van der Waals surface area contributed by atoms with E-state index < -0.39 is 0 Å². The standard InChI is InChI=1S/C13H17NO.ClH/c1-2-5-12-11(4-1)6-8-13(15-12)7-3-9-14-10-13;/h1-2,4-5,14H,3,6-10H2;1H. The van der Waals surface area contributed by atoms with E-state index in [1.807, 2.05) is 0 Å². The molecule has 0 aromatic heterocycles. The first kappa shape index (κ1) is 11.7. The van der Waals surface area contributed by atoms with Gasteiger partial charge >= 0.3 is 0 Å². The van der Waals surface area contributed by atoms with Crippen molar-refractivity contribution in [3.63, 3.8) is 0 Å². The zero-order valence-electron chi connectivity index (χ0n) is 9.37. The molecule has 3 heteroatoms. The Balaban J connectivity index is 0.000000963. The molecule has 2 nitrogen and oxygen atoms in total. The van der Waals surface area contributed by atoms with Crippen LogP contribution in [0.3, 0.4) is 0 Å². The van der Waals surface area contributed by atoms with Crippen LogP contribution in [-0.2, 0) is 6.42 Å².